The van der Waals surface area contributed by atoms with E-state index in [2.05, 4.69) is 5.73 Å². The Hall–Kier alpha value is -0.0600. The second-order valence-corrected chi connectivity index (χ2v) is 5.76. The highest BCUT2D eigenvalue weighted by Crippen LogP contribution is 2.46. The minimum atomic E-state index is -1.79. The first-order valence-corrected chi connectivity index (χ1v) is 5.43. The Morgan fingerprint density at radius 3 is 2.33 bits per heavy atom. The quantitative estimate of drug-likeness (QED) is 0.746. The summed E-state index contributed by atoms with van der Waals surface area (Å²) >= 11 is 22.9. The van der Waals surface area contributed by atoms with Crippen LogP contribution in [0.2, 0.25) is 5.02 Å². The Bertz CT molecular complexity index is 406. The average Bonchev–Trinajstić information content (AvgIpc) is 2.40. The molecule has 0 radical (unpaired) electrons. The van der Waals surface area contributed by atoms with Crippen LogP contribution in [0.4, 0.5) is 0 Å². The van der Waals surface area contributed by atoms with Crippen molar-refractivity contribution >= 4 is 46.4 Å². The van der Waals surface area contributed by atoms with Crippen molar-refractivity contribution in [1.82, 2.24) is 0 Å². The molecule has 0 fully saturated rings. The zero-order valence-electron chi connectivity index (χ0n) is 7.27. The Morgan fingerprint density at radius 2 is 1.73 bits per heavy atom. The fraction of sp³-hybridized carbons (Fsp3) is 0.250. The van der Waals surface area contributed by atoms with E-state index in [-0.39, 0.29) is 0 Å². The maximum Gasteiger partial charge on any atom is 0.449 e. The zero-order valence-corrected chi connectivity index (χ0v) is 10.3. The number of alkyl halides is 3. The molecule has 1 aliphatic heterocycles. The van der Waals surface area contributed by atoms with Crippen LogP contribution in [0, 0.1) is 0 Å². The largest absolute Gasteiger partial charge is 0.449 e. The van der Waals surface area contributed by atoms with Gasteiger partial charge in [0.2, 0.25) is 0 Å². The van der Waals surface area contributed by atoms with Crippen molar-refractivity contribution in [2.24, 2.45) is 0 Å². The van der Waals surface area contributed by atoms with E-state index in [1.807, 2.05) is 0 Å². The van der Waals surface area contributed by atoms with Gasteiger partial charge in [-0.3, -0.25) is 5.73 Å². The zero-order chi connectivity index (χ0) is 11.3. The molecule has 0 bridgehead atoms. The van der Waals surface area contributed by atoms with Gasteiger partial charge in [0.15, 0.2) is 11.5 Å². The molecule has 1 atom stereocenters. The second kappa shape index (κ2) is 3.47. The van der Waals surface area contributed by atoms with Gasteiger partial charge < -0.3 is 9.47 Å². The lowest BCUT2D eigenvalue weighted by Crippen LogP contribution is -2.83. The molecule has 2 rings (SSSR count). The minimum Gasteiger partial charge on any atom is -0.400 e. The van der Waals surface area contributed by atoms with Crippen LogP contribution in [0.5, 0.6) is 11.5 Å². The molecule has 1 aliphatic rings. The summed E-state index contributed by atoms with van der Waals surface area (Å²) in [6.45, 7) is 0. The molecule has 0 saturated heterocycles. The van der Waals surface area contributed by atoms with Crippen LogP contribution in [-0.2, 0) is 0 Å². The van der Waals surface area contributed by atoms with Gasteiger partial charge in [0.25, 0.3) is 0 Å². The van der Waals surface area contributed by atoms with Gasteiger partial charge in [-0.2, -0.15) is 0 Å². The number of benzene rings is 1. The van der Waals surface area contributed by atoms with E-state index >= 15 is 0 Å². The van der Waals surface area contributed by atoms with E-state index in [9.17, 15) is 0 Å². The van der Waals surface area contributed by atoms with Crippen LogP contribution in [0.25, 0.3) is 0 Å². The molecular weight excluding hydrogens is 284 g/mol. The number of fused-ring (bicyclic) bond motifs is 1. The topological polar surface area (TPSA) is 46.1 Å². The van der Waals surface area contributed by atoms with E-state index in [4.69, 9.17) is 55.9 Å². The summed E-state index contributed by atoms with van der Waals surface area (Å²) in [5.41, 5.74) is 3.60. The summed E-state index contributed by atoms with van der Waals surface area (Å²) < 4.78 is 8.86. The van der Waals surface area contributed by atoms with Gasteiger partial charge in [-0.05, 0) is 12.1 Å². The van der Waals surface area contributed by atoms with Gasteiger partial charge in [0.1, 0.15) is 0 Å². The standard InChI is InChI=1S/C8H5Cl4NO2/c9-4-1-2-5-6(3-4)15-8(13,14-5)7(10,11)12/h1-3H,13H2/p+1/t8-/m1/s1. The van der Waals surface area contributed by atoms with Crippen LogP contribution >= 0.6 is 46.4 Å². The van der Waals surface area contributed by atoms with Crippen molar-refractivity contribution < 1.29 is 15.2 Å². The lowest BCUT2D eigenvalue weighted by molar-refractivity contribution is -0.587. The monoisotopic (exact) mass is 288 g/mol. The van der Waals surface area contributed by atoms with E-state index in [0.29, 0.717) is 16.5 Å². The summed E-state index contributed by atoms with van der Waals surface area (Å²) in [5, 5.41) is 0.505. The van der Waals surface area contributed by atoms with Crippen molar-refractivity contribution in [2.75, 3.05) is 0 Å². The van der Waals surface area contributed by atoms with Gasteiger partial charge in [0, 0.05) is 11.1 Å². The molecule has 7 heteroatoms. The van der Waals surface area contributed by atoms with Crippen molar-refractivity contribution in [3.8, 4) is 11.5 Å². The summed E-state index contributed by atoms with van der Waals surface area (Å²) in [5.74, 6) is -0.727. The first-order valence-electron chi connectivity index (χ1n) is 3.91. The molecule has 1 aromatic rings. The lowest BCUT2D eigenvalue weighted by atomic mass is 10.3. The molecule has 82 valence electrons. The lowest BCUT2D eigenvalue weighted by Gasteiger charge is -2.24. The van der Waals surface area contributed by atoms with E-state index < -0.39 is 9.70 Å². The minimum absolute atomic E-state index is 0.406. The first-order chi connectivity index (χ1) is 6.82. The number of rotatable bonds is 0. The summed E-state index contributed by atoms with van der Waals surface area (Å²) in [7, 11) is 0. The highest BCUT2D eigenvalue weighted by molar-refractivity contribution is 6.68. The number of hydrogen-bond donors (Lipinski definition) is 1. The first kappa shape index (κ1) is 11.4. The van der Waals surface area contributed by atoms with Gasteiger partial charge >= 0.3 is 9.70 Å². The molecule has 0 saturated carbocycles. The van der Waals surface area contributed by atoms with Gasteiger partial charge in [-0.15, -0.1) is 0 Å². The smallest absolute Gasteiger partial charge is 0.400 e. The summed E-state index contributed by atoms with van der Waals surface area (Å²) in [6, 6.07) is 4.84. The Kier molecular flexibility index (Phi) is 2.64. The second-order valence-electron chi connectivity index (χ2n) is 3.05. The maximum atomic E-state index is 5.78. The van der Waals surface area contributed by atoms with Gasteiger partial charge in [-0.1, -0.05) is 46.4 Å². The Labute approximate surface area is 106 Å². The third-order valence-corrected chi connectivity index (χ3v) is 2.99. The number of quaternary nitrogens is 1. The Morgan fingerprint density at radius 1 is 1.13 bits per heavy atom. The van der Waals surface area contributed by atoms with Crippen molar-refractivity contribution in [3.63, 3.8) is 0 Å². The maximum absolute atomic E-state index is 5.78. The summed E-state index contributed by atoms with van der Waals surface area (Å²) in [4.78, 5) is 0. The van der Waals surface area contributed by atoms with Gasteiger partial charge in [-0.25, -0.2) is 0 Å². The van der Waals surface area contributed by atoms with Crippen LogP contribution in [-0.4, -0.2) is 9.70 Å². The van der Waals surface area contributed by atoms with Crippen LogP contribution in [0.15, 0.2) is 18.2 Å². The van der Waals surface area contributed by atoms with Crippen molar-refractivity contribution in [3.05, 3.63) is 23.2 Å². The molecule has 0 aromatic heterocycles. The molecule has 3 N–H and O–H groups in total. The fourth-order valence-corrected chi connectivity index (χ4v) is 1.53. The van der Waals surface area contributed by atoms with E-state index in [0.717, 1.165) is 0 Å². The van der Waals surface area contributed by atoms with Crippen LogP contribution in [0.1, 0.15) is 0 Å². The van der Waals surface area contributed by atoms with Crippen molar-refractivity contribution in [2.45, 2.75) is 9.70 Å². The SMILES string of the molecule is [NH3+][C@]1(C(Cl)(Cl)Cl)Oc2ccc(Cl)cc2O1. The Balaban J connectivity index is 2.37. The molecule has 0 aliphatic carbocycles. The average molecular weight is 290 g/mol. The molecular formula is C8H6Cl4NO2+. The van der Waals surface area contributed by atoms with Crippen molar-refractivity contribution in [1.29, 1.82) is 0 Å². The number of halogens is 4. The highest BCUT2D eigenvalue weighted by atomic mass is 35.6. The molecule has 1 heterocycles. The van der Waals surface area contributed by atoms with Crippen LogP contribution < -0.4 is 15.2 Å². The van der Waals surface area contributed by atoms with Gasteiger partial charge in [0.05, 0.1) is 0 Å². The predicted octanol–water partition coefficient (Wildman–Crippen LogP) is 2.38. The fourth-order valence-electron chi connectivity index (χ4n) is 1.14. The third kappa shape index (κ3) is 1.95. The number of hydrogen-bond acceptors (Lipinski definition) is 2. The molecule has 0 unspecified atom stereocenters. The molecule has 3 nitrogen and oxygen atoms in total. The molecule has 15 heavy (non-hydrogen) atoms. The summed E-state index contributed by atoms with van der Waals surface area (Å²) in [6.07, 6.45) is 0. The van der Waals surface area contributed by atoms with E-state index in [1.165, 1.54) is 0 Å². The van der Waals surface area contributed by atoms with E-state index in [1.54, 1.807) is 18.2 Å². The molecule has 1 aromatic carbocycles. The molecule has 0 spiro atoms. The predicted molar refractivity (Wildman–Crippen MR) is 58.6 cm³/mol. The third-order valence-electron chi connectivity index (χ3n) is 1.89. The van der Waals surface area contributed by atoms with Crippen LogP contribution in [0.3, 0.4) is 0 Å². The number of ether oxygens (including phenoxy) is 2. The highest BCUT2D eigenvalue weighted by Gasteiger charge is 2.59. The molecule has 0 amide bonds. The normalized spacial score (nSPS) is 24.3.